The van der Waals surface area contributed by atoms with Gasteiger partial charge in [-0.2, -0.15) is 18.2 Å². The summed E-state index contributed by atoms with van der Waals surface area (Å²) in [7, 11) is 3.76. The van der Waals surface area contributed by atoms with Crippen LogP contribution in [-0.2, 0) is 25.2 Å². The van der Waals surface area contributed by atoms with Crippen molar-refractivity contribution in [2.24, 2.45) is 10.9 Å². The molecule has 0 spiro atoms. The van der Waals surface area contributed by atoms with Crippen LogP contribution in [0.1, 0.15) is 34.3 Å². The van der Waals surface area contributed by atoms with Crippen molar-refractivity contribution in [1.82, 2.24) is 4.90 Å². The number of halogens is 3. The molecule has 0 unspecified atom stereocenters. The number of amidine groups is 1. The molecule has 0 radical (unpaired) electrons. The lowest BCUT2D eigenvalue weighted by Crippen LogP contribution is -2.38. The molecule has 0 aliphatic carbocycles. The summed E-state index contributed by atoms with van der Waals surface area (Å²) in [5, 5.41) is 0.543. The quantitative estimate of drug-likeness (QED) is 0.340. The second-order valence-electron chi connectivity index (χ2n) is 8.81. The zero-order chi connectivity index (χ0) is 29.0. The molecular formula is C27H25F3N2O7S. The summed E-state index contributed by atoms with van der Waals surface area (Å²) in [5.41, 5.74) is -0.890. The van der Waals surface area contributed by atoms with Crippen molar-refractivity contribution in [2.45, 2.75) is 19.0 Å². The lowest BCUT2D eigenvalue weighted by molar-refractivity contribution is -0.146. The Morgan fingerprint density at radius 1 is 1.00 bits per heavy atom. The Kier molecular flexibility index (Phi) is 8.72. The first-order valence-corrected chi connectivity index (χ1v) is 12.9. The molecule has 0 bridgehead atoms. The van der Waals surface area contributed by atoms with Crippen LogP contribution in [0.25, 0.3) is 6.08 Å². The van der Waals surface area contributed by atoms with Gasteiger partial charge in [-0.1, -0.05) is 6.07 Å². The molecule has 1 fully saturated rings. The van der Waals surface area contributed by atoms with Crippen molar-refractivity contribution in [3.8, 4) is 17.2 Å². The first-order chi connectivity index (χ1) is 19.0. The van der Waals surface area contributed by atoms with E-state index < -0.39 is 29.4 Å². The Labute approximate surface area is 231 Å². The normalized spacial score (nSPS) is 17.1. The molecular weight excluding hydrogens is 553 g/mol. The van der Waals surface area contributed by atoms with Gasteiger partial charge in [0.1, 0.15) is 5.75 Å². The summed E-state index contributed by atoms with van der Waals surface area (Å²) in [6.45, 7) is 1.12. The van der Waals surface area contributed by atoms with Crippen molar-refractivity contribution in [3.05, 3.63) is 58.0 Å². The number of hydrogen-bond donors (Lipinski definition) is 0. The van der Waals surface area contributed by atoms with E-state index >= 15 is 0 Å². The summed E-state index contributed by atoms with van der Waals surface area (Å²) in [5.74, 6) is -2.16. The standard InChI is InChI=1S/C27H25F3N2O7S/c1-36-21-12-15(13-22-23(33)31-26(40-22)32-10-8-16(9-11-32)24(34)37-2)4-6-20(21)39-19-7-5-17(25(35)38-3)14-18(19)27(28,29)30/h4-7,12-14,16H,8-11H2,1-3H3. The third-order valence-corrected chi connectivity index (χ3v) is 7.37. The molecule has 2 aliphatic heterocycles. The van der Waals surface area contributed by atoms with Gasteiger partial charge in [-0.25, -0.2) is 4.79 Å². The maximum Gasteiger partial charge on any atom is 0.420 e. The van der Waals surface area contributed by atoms with Crippen LogP contribution in [0.5, 0.6) is 17.2 Å². The number of esters is 2. The average Bonchev–Trinajstić information content (AvgIpc) is 3.32. The number of aliphatic imine (C=N–C) groups is 1. The molecule has 2 aromatic carbocycles. The number of rotatable bonds is 6. The number of thioether (sulfide) groups is 1. The van der Waals surface area contributed by atoms with Gasteiger partial charge in [0, 0.05) is 13.1 Å². The number of benzene rings is 2. The second kappa shape index (κ2) is 12.0. The van der Waals surface area contributed by atoms with Crippen LogP contribution in [0.2, 0.25) is 0 Å². The Balaban J connectivity index is 1.50. The summed E-state index contributed by atoms with van der Waals surface area (Å²) < 4.78 is 61.3. The van der Waals surface area contributed by atoms with Crippen molar-refractivity contribution < 1.29 is 46.5 Å². The van der Waals surface area contributed by atoms with Gasteiger partial charge in [-0.15, -0.1) is 0 Å². The van der Waals surface area contributed by atoms with Gasteiger partial charge >= 0.3 is 18.1 Å². The molecule has 1 amide bonds. The van der Waals surface area contributed by atoms with Crippen LogP contribution in [0.4, 0.5) is 13.2 Å². The zero-order valence-corrected chi connectivity index (χ0v) is 22.6. The minimum absolute atomic E-state index is 0.00298. The van der Waals surface area contributed by atoms with Crippen LogP contribution in [0, 0.1) is 5.92 Å². The fourth-order valence-corrected chi connectivity index (χ4v) is 5.18. The second-order valence-corrected chi connectivity index (χ2v) is 9.82. The number of amides is 1. The Bertz CT molecular complexity index is 1380. The largest absolute Gasteiger partial charge is 0.493 e. The number of ether oxygens (including phenoxy) is 4. The molecule has 0 atom stereocenters. The lowest BCUT2D eigenvalue weighted by Gasteiger charge is -2.31. The number of piperidine rings is 1. The Morgan fingerprint density at radius 3 is 2.33 bits per heavy atom. The van der Waals surface area contributed by atoms with Gasteiger partial charge in [-0.05, 0) is 66.6 Å². The molecule has 0 aromatic heterocycles. The van der Waals surface area contributed by atoms with E-state index in [1.165, 1.54) is 44.2 Å². The highest BCUT2D eigenvalue weighted by Gasteiger charge is 2.36. The fourth-order valence-electron chi connectivity index (χ4n) is 4.22. The molecule has 4 rings (SSSR count). The van der Waals surface area contributed by atoms with Crippen LogP contribution < -0.4 is 9.47 Å². The van der Waals surface area contributed by atoms with E-state index in [1.54, 1.807) is 12.1 Å². The van der Waals surface area contributed by atoms with Crippen molar-refractivity contribution in [1.29, 1.82) is 0 Å². The summed E-state index contributed by atoms with van der Waals surface area (Å²) in [6.07, 6.45) is -2.01. The molecule has 9 nitrogen and oxygen atoms in total. The van der Waals surface area contributed by atoms with Crippen molar-refractivity contribution >= 4 is 40.9 Å². The minimum atomic E-state index is -4.80. The van der Waals surface area contributed by atoms with E-state index in [0.717, 1.165) is 13.2 Å². The highest BCUT2D eigenvalue weighted by atomic mass is 32.2. The molecule has 1 saturated heterocycles. The number of carbonyl (C=O) groups is 3. The molecule has 2 heterocycles. The smallest absolute Gasteiger partial charge is 0.420 e. The number of carbonyl (C=O) groups excluding carboxylic acids is 3. The van der Waals surface area contributed by atoms with Gasteiger partial charge in [0.05, 0.1) is 43.3 Å². The Hall–Kier alpha value is -4.00. The minimum Gasteiger partial charge on any atom is -0.493 e. The van der Waals surface area contributed by atoms with E-state index in [0.29, 0.717) is 47.6 Å². The molecule has 0 N–H and O–H groups in total. The summed E-state index contributed by atoms with van der Waals surface area (Å²) >= 11 is 1.20. The maximum absolute atomic E-state index is 13.7. The lowest BCUT2D eigenvalue weighted by atomic mass is 9.97. The highest BCUT2D eigenvalue weighted by Crippen LogP contribution is 2.41. The van der Waals surface area contributed by atoms with Gasteiger partial charge < -0.3 is 23.8 Å². The van der Waals surface area contributed by atoms with Gasteiger partial charge in [0.15, 0.2) is 16.7 Å². The third-order valence-electron chi connectivity index (χ3n) is 6.32. The van der Waals surface area contributed by atoms with E-state index in [-0.39, 0.29) is 28.9 Å². The van der Waals surface area contributed by atoms with Crippen molar-refractivity contribution in [3.63, 3.8) is 0 Å². The Morgan fingerprint density at radius 2 is 1.70 bits per heavy atom. The number of nitrogens with zero attached hydrogens (tertiary/aromatic N) is 2. The number of methoxy groups -OCH3 is 3. The van der Waals surface area contributed by atoms with E-state index in [9.17, 15) is 27.6 Å². The first-order valence-electron chi connectivity index (χ1n) is 12.0. The predicted octanol–water partition coefficient (Wildman–Crippen LogP) is 5.15. The van der Waals surface area contributed by atoms with Gasteiger partial charge in [-0.3, -0.25) is 9.59 Å². The van der Waals surface area contributed by atoms with E-state index in [1.807, 2.05) is 4.90 Å². The highest BCUT2D eigenvalue weighted by molar-refractivity contribution is 8.18. The SMILES string of the molecule is COC(=O)c1ccc(Oc2ccc(C=C3SC(N4CCC(C(=O)OC)CC4)=NC3=O)cc2OC)c(C(F)(F)F)c1. The summed E-state index contributed by atoms with van der Waals surface area (Å²) in [6, 6.07) is 7.36. The molecule has 212 valence electrons. The molecule has 40 heavy (non-hydrogen) atoms. The fraction of sp³-hybridized carbons (Fsp3) is 0.333. The molecule has 0 saturated carbocycles. The van der Waals surface area contributed by atoms with Crippen molar-refractivity contribution in [2.75, 3.05) is 34.4 Å². The van der Waals surface area contributed by atoms with E-state index in [2.05, 4.69) is 9.73 Å². The average molecular weight is 579 g/mol. The van der Waals surface area contributed by atoms with Gasteiger partial charge in [0.25, 0.3) is 5.91 Å². The summed E-state index contributed by atoms with van der Waals surface area (Å²) in [4.78, 5) is 42.5. The van der Waals surface area contributed by atoms with Crippen LogP contribution in [0.15, 0.2) is 46.3 Å². The topological polar surface area (TPSA) is 104 Å². The number of alkyl halides is 3. The number of likely N-dealkylation sites (tertiary alicyclic amines) is 1. The van der Waals surface area contributed by atoms with Crippen LogP contribution in [-0.4, -0.2) is 62.3 Å². The van der Waals surface area contributed by atoms with E-state index in [4.69, 9.17) is 14.2 Å². The molecule has 13 heteroatoms. The predicted molar refractivity (Wildman–Crippen MR) is 140 cm³/mol. The molecule has 2 aliphatic rings. The monoisotopic (exact) mass is 578 g/mol. The maximum atomic E-state index is 13.7. The zero-order valence-electron chi connectivity index (χ0n) is 21.7. The molecule has 2 aromatic rings. The van der Waals surface area contributed by atoms with Crippen LogP contribution in [0.3, 0.4) is 0 Å². The first kappa shape index (κ1) is 29.0. The van der Waals surface area contributed by atoms with Crippen LogP contribution >= 0.6 is 11.8 Å². The third kappa shape index (κ3) is 6.41. The number of hydrogen-bond acceptors (Lipinski definition) is 9. The van der Waals surface area contributed by atoms with Gasteiger partial charge in [0.2, 0.25) is 0 Å².